The molecule has 0 amide bonds. The average Bonchev–Trinajstić information content (AvgIpc) is 2.62. The molecule has 0 aliphatic carbocycles. The predicted octanol–water partition coefficient (Wildman–Crippen LogP) is 1.85. The highest BCUT2D eigenvalue weighted by atomic mass is 127. The van der Waals surface area contributed by atoms with Gasteiger partial charge < -0.3 is 19.9 Å². The first kappa shape index (κ1) is 21.9. The molecule has 0 radical (unpaired) electrons. The van der Waals surface area contributed by atoms with Crippen LogP contribution in [0.1, 0.15) is 20.3 Å². The molecule has 0 unspecified atom stereocenters. The molecule has 1 aromatic heterocycles. The van der Waals surface area contributed by atoms with Crippen LogP contribution in [0.25, 0.3) is 0 Å². The molecule has 0 bridgehead atoms. The van der Waals surface area contributed by atoms with Gasteiger partial charge in [0.25, 0.3) is 0 Å². The number of nitrogens with zero attached hydrogens (tertiary/aromatic N) is 5. The number of ether oxygens (including phenoxy) is 1. The Morgan fingerprint density at radius 3 is 2.48 bits per heavy atom. The minimum atomic E-state index is 0. The first-order valence-electron chi connectivity index (χ1n) is 8.76. The summed E-state index contributed by atoms with van der Waals surface area (Å²) in [6.45, 7) is 10.4. The number of rotatable bonds is 7. The number of aromatic nitrogens is 2. The number of hydrogen-bond acceptors (Lipinski definition) is 5. The van der Waals surface area contributed by atoms with Gasteiger partial charge in [0.05, 0.1) is 6.61 Å². The lowest BCUT2D eigenvalue weighted by atomic mass is 10.1. The fourth-order valence-corrected chi connectivity index (χ4v) is 2.56. The van der Waals surface area contributed by atoms with Gasteiger partial charge in [-0.15, -0.1) is 24.0 Å². The Labute approximate surface area is 168 Å². The largest absolute Gasteiger partial charge is 0.380 e. The van der Waals surface area contributed by atoms with Crippen molar-refractivity contribution in [1.29, 1.82) is 0 Å². The first-order valence-corrected chi connectivity index (χ1v) is 8.76. The zero-order chi connectivity index (χ0) is 17.2. The second-order valence-corrected chi connectivity index (χ2v) is 6.29. The minimum Gasteiger partial charge on any atom is -0.380 e. The quantitative estimate of drug-likeness (QED) is 0.289. The Bertz CT molecular complexity index is 491. The number of guanidine groups is 1. The average molecular weight is 462 g/mol. The zero-order valence-electron chi connectivity index (χ0n) is 15.5. The van der Waals surface area contributed by atoms with Gasteiger partial charge >= 0.3 is 0 Å². The Hall–Kier alpha value is -1.16. The molecular formula is C17H31IN6O. The van der Waals surface area contributed by atoms with Crippen molar-refractivity contribution in [3.8, 4) is 0 Å². The van der Waals surface area contributed by atoms with Crippen LogP contribution in [0.3, 0.4) is 0 Å². The fourth-order valence-electron chi connectivity index (χ4n) is 2.56. The second-order valence-electron chi connectivity index (χ2n) is 6.29. The van der Waals surface area contributed by atoms with E-state index in [1.165, 1.54) is 0 Å². The number of aliphatic imine (C=N–C) groups is 1. The Kier molecular flexibility index (Phi) is 10.7. The third-order valence-corrected chi connectivity index (χ3v) is 4.00. The molecule has 0 spiro atoms. The summed E-state index contributed by atoms with van der Waals surface area (Å²) < 4.78 is 5.64. The Balaban J connectivity index is 0.00000312. The van der Waals surface area contributed by atoms with Crippen LogP contribution in [0.15, 0.2) is 23.5 Å². The molecule has 0 atom stereocenters. The molecule has 1 saturated heterocycles. The van der Waals surface area contributed by atoms with E-state index in [1.807, 2.05) is 13.1 Å². The summed E-state index contributed by atoms with van der Waals surface area (Å²) in [6, 6.07) is 1.84. The van der Waals surface area contributed by atoms with E-state index in [1.54, 1.807) is 12.4 Å². The second kappa shape index (κ2) is 12.2. The summed E-state index contributed by atoms with van der Waals surface area (Å²) in [4.78, 5) is 17.5. The van der Waals surface area contributed by atoms with E-state index in [0.717, 1.165) is 57.7 Å². The van der Waals surface area contributed by atoms with E-state index in [-0.39, 0.29) is 24.0 Å². The number of halogens is 1. The lowest BCUT2D eigenvalue weighted by Crippen LogP contribution is -2.53. The Morgan fingerprint density at radius 1 is 1.20 bits per heavy atom. The molecular weight excluding hydrogens is 431 g/mol. The van der Waals surface area contributed by atoms with Gasteiger partial charge in [0.1, 0.15) is 0 Å². The molecule has 2 heterocycles. The van der Waals surface area contributed by atoms with Gasteiger partial charge in [0, 0.05) is 58.8 Å². The van der Waals surface area contributed by atoms with Crippen LogP contribution in [0.2, 0.25) is 0 Å². The van der Waals surface area contributed by atoms with Crippen molar-refractivity contribution in [1.82, 2.24) is 20.2 Å². The summed E-state index contributed by atoms with van der Waals surface area (Å²) >= 11 is 0. The number of piperazine rings is 1. The predicted molar refractivity (Wildman–Crippen MR) is 113 cm³/mol. The molecule has 2 rings (SSSR count). The SMILES string of the molecule is CN=C(NCCOCCC(C)C)N1CCN(c2ncccn2)CC1.I. The van der Waals surface area contributed by atoms with Gasteiger partial charge in [0.15, 0.2) is 5.96 Å². The molecule has 1 aliphatic heterocycles. The third-order valence-electron chi connectivity index (χ3n) is 4.00. The molecule has 0 aromatic carbocycles. The molecule has 1 fully saturated rings. The summed E-state index contributed by atoms with van der Waals surface area (Å²) in [5.74, 6) is 2.44. The monoisotopic (exact) mass is 462 g/mol. The normalized spacial score (nSPS) is 15.3. The van der Waals surface area contributed by atoms with Crippen molar-refractivity contribution in [3.63, 3.8) is 0 Å². The van der Waals surface area contributed by atoms with Crippen LogP contribution in [-0.4, -0.2) is 73.8 Å². The van der Waals surface area contributed by atoms with Crippen molar-refractivity contribution >= 4 is 35.9 Å². The van der Waals surface area contributed by atoms with Crippen LogP contribution in [-0.2, 0) is 4.74 Å². The van der Waals surface area contributed by atoms with Crippen molar-refractivity contribution in [2.24, 2.45) is 10.9 Å². The summed E-state index contributed by atoms with van der Waals surface area (Å²) in [7, 11) is 1.83. The number of anilines is 1. The number of hydrogen-bond donors (Lipinski definition) is 1. The van der Waals surface area contributed by atoms with Crippen LogP contribution < -0.4 is 10.2 Å². The topological polar surface area (TPSA) is 65.9 Å². The van der Waals surface area contributed by atoms with Crippen LogP contribution in [0, 0.1) is 5.92 Å². The third kappa shape index (κ3) is 7.72. The highest BCUT2D eigenvalue weighted by molar-refractivity contribution is 14.0. The van der Waals surface area contributed by atoms with Gasteiger partial charge in [0.2, 0.25) is 5.95 Å². The van der Waals surface area contributed by atoms with Crippen molar-refractivity contribution in [2.75, 3.05) is 57.9 Å². The van der Waals surface area contributed by atoms with Gasteiger partial charge in [-0.1, -0.05) is 13.8 Å². The minimum absolute atomic E-state index is 0. The maximum atomic E-state index is 5.64. The number of nitrogens with one attached hydrogen (secondary N) is 1. The van der Waals surface area contributed by atoms with E-state index in [2.05, 4.69) is 43.9 Å². The summed E-state index contributed by atoms with van der Waals surface area (Å²) in [6.07, 6.45) is 4.68. The lowest BCUT2D eigenvalue weighted by molar-refractivity contribution is 0.127. The summed E-state index contributed by atoms with van der Waals surface area (Å²) in [5, 5.41) is 3.38. The van der Waals surface area contributed by atoms with E-state index in [9.17, 15) is 0 Å². The van der Waals surface area contributed by atoms with Crippen LogP contribution in [0.5, 0.6) is 0 Å². The van der Waals surface area contributed by atoms with Crippen molar-refractivity contribution in [3.05, 3.63) is 18.5 Å². The van der Waals surface area contributed by atoms with Gasteiger partial charge in [-0.2, -0.15) is 0 Å². The zero-order valence-corrected chi connectivity index (χ0v) is 17.8. The molecule has 1 aromatic rings. The van der Waals surface area contributed by atoms with E-state index in [0.29, 0.717) is 12.5 Å². The lowest BCUT2D eigenvalue weighted by Gasteiger charge is -2.36. The first-order chi connectivity index (χ1) is 11.7. The van der Waals surface area contributed by atoms with Gasteiger partial charge in [-0.3, -0.25) is 4.99 Å². The van der Waals surface area contributed by atoms with E-state index < -0.39 is 0 Å². The van der Waals surface area contributed by atoms with E-state index >= 15 is 0 Å². The van der Waals surface area contributed by atoms with Crippen molar-refractivity contribution in [2.45, 2.75) is 20.3 Å². The molecule has 7 nitrogen and oxygen atoms in total. The highest BCUT2D eigenvalue weighted by Crippen LogP contribution is 2.09. The van der Waals surface area contributed by atoms with Crippen LogP contribution >= 0.6 is 24.0 Å². The maximum Gasteiger partial charge on any atom is 0.225 e. The molecule has 0 saturated carbocycles. The Morgan fingerprint density at radius 2 is 1.88 bits per heavy atom. The molecule has 25 heavy (non-hydrogen) atoms. The smallest absolute Gasteiger partial charge is 0.225 e. The molecule has 1 N–H and O–H groups in total. The van der Waals surface area contributed by atoms with E-state index in [4.69, 9.17) is 4.74 Å². The molecule has 1 aliphatic rings. The highest BCUT2D eigenvalue weighted by Gasteiger charge is 2.20. The fraction of sp³-hybridized carbons (Fsp3) is 0.706. The van der Waals surface area contributed by atoms with Gasteiger partial charge in [-0.25, -0.2) is 9.97 Å². The van der Waals surface area contributed by atoms with Crippen molar-refractivity contribution < 1.29 is 4.74 Å². The summed E-state index contributed by atoms with van der Waals surface area (Å²) in [5.41, 5.74) is 0. The maximum absolute atomic E-state index is 5.64. The standard InChI is InChI=1S/C17H30N6O.HI/c1-15(2)5-13-24-14-8-21-16(18-3)22-9-11-23(12-10-22)17-19-6-4-7-20-17;/h4,6-7,15H,5,8-14H2,1-3H3,(H,18,21);1H. The molecule has 8 heteroatoms. The molecule has 142 valence electrons. The van der Waals surface area contributed by atoms with Gasteiger partial charge in [-0.05, 0) is 18.4 Å². The van der Waals surface area contributed by atoms with Crippen LogP contribution in [0.4, 0.5) is 5.95 Å².